The molecule has 1 amide bonds. The van der Waals surface area contributed by atoms with Crippen LogP contribution in [0.4, 0.5) is 4.79 Å². The molecule has 1 saturated heterocycles. The molecule has 1 fully saturated rings. The van der Waals surface area contributed by atoms with Gasteiger partial charge in [-0.3, -0.25) is 4.90 Å². The predicted molar refractivity (Wildman–Crippen MR) is 140 cm³/mol. The Morgan fingerprint density at radius 3 is 2.14 bits per heavy atom. The zero-order valence-corrected chi connectivity index (χ0v) is 21.2. The van der Waals surface area contributed by atoms with Crippen LogP contribution in [0, 0.1) is 0 Å². The molecule has 0 aliphatic carbocycles. The SMILES string of the molecule is COC(=O)[C@@H]1C[C@](SC(C)C)(c2ccc(-c3ccccc3)cc2)CN1C(=O)OCc1ccccc1. The lowest BCUT2D eigenvalue weighted by molar-refractivity contribution is -0.145. The second kappa shape index (κ2) is 11.0. The van der Waals surface area contributed by atoms with E-state index in [4.69, 9.17) is 9.47 Å². The minimum Gasteiger partial charge on any atom is -0.467 e. The molecule has 2 atom stereocenters. The Morgan fingerprint density at radius 2 is 1.54 bits per heavy atom. The third-order valence-corrected chi connectivity index (χ3v) is 7.67. The molecule has 0 bridgehead atoms. The number of hydrogen-bond acceptors (Lipinski definition) is 5. The van der Waals surface area contributed by atoms with Gasteiger partial charge in [0.15, 0.2) is 0 Å². The Hall–Kier alpha value is -3.25. The highest BCUT2D eigenvalue weighted by Gasteiger charge is 2.51. The van der Waals surface area contributed by atoms with Gasteiger partial charge in [-0.2, -0.15) is 0 Å². The molecule has 0 radical (unpaired) electrons. The highest BCUT2D eigenvalue weighted by molar-refractivity contribution is 8.00. The van der Waals surface area contributed by atoms with E-state index in [1.807, 2.05) is 48.5 Å². The molecule has 1 aliphatic heterocycles. The van der Waals surface area contributed by atoms with Crippen LogP contribution < -0.4 is 0 Å². The average Bonchev–Trinajstić information content (AvgIpc) is 3.28. The number of rotatable bonds is 7. The van der Waals surface area contributed by atoms with Crippen LogP contribution >= 0.6 is 11.8 Å². The first kappa shape index (κ1) is 24.9. The number of methoxy groups -OCH3 is 1. The van der Waals surface area contributed by atoms with Crippen molar-refractivity contribution >= 4 is 23.8 Å². The van der Waals surface area contributed by atoms with Crippen molar-refractivity contribution in [3.05, 3.63) is 96.1 Å². The predicted octanol–water partition coefficient (Wildman–Crippen LogP) is 6.27. The van der Waals surface area contributed by atoms with Crippen LogP contribution in [-0.2, 0) is 25.6 Å². The smallest absolute Gasteiger partial charge is 0.410 e. The first-order chi connectivity index (χ1) is 16.9. The summed E-state index contributed by atoms with van der Waals surface area (Å²) in [6.45, 7) is 4.79. The molecule has 0 unspecified atom stereocenters. The van der Waals surface area contributed by atoms with Crippen LogP contribution in [-0.4, -0.2) is 41.9 Å². The Balaban J connectivity index is 1.62. The van der Waals surface area contributed by atoms with E-state index in [0.29, 0.717) is 18.2 Å². The number of benzene rings is 3. The topological polar surface area (TPSA) is 55.8 Å². The molecule has 0 aromatic heterocycles. The summed E-state index contributed by atoms with van der Waals surface area (Å²) in [6.07, 6.45) is -0.0374. The Kier molecular flexibility index (Phi) is 7.81. The molecular weight excluding hydrogens is 458 g/mol. The molecule has 0 N–H and O–H groups in total. The summed E-state index contributed by atoms with van der Waals surface area (Å²) in [5.74, 6) is -0.422. The average molecular weight is 490 g/mol. The van der Waals surface area contributed by atoms with Gasteiger partial charge in [0, 0.05) is 6.54 Å². The lowest BCUT2D eigenvalue weighted by Crippen LogP contribution is -2.41. The summed E-state index contributed by atoms with van der Waals surface area (Å²) in [5.41, 5.74) is 4.26. The number of amides is 1. The molecule has 0 saturated carbocycles. The molecule has 3 aromatic carbocycles. The van der Waals surface area contributed by atoms with Gasteiger partial charge in [-0.15, -0.1) is 11.8 Å². The van der Waals surface area contributed by atoms with E-state index < -0.39 is 22.9 Å². The quantitative estimate of drug-likeness (QED) is 0.366. The summed E-state index contributed by atoms with van der Waals surface area (Å²) in [6, 6.07) is 27.5. The van der Waals surface area contributed by atoms with Gasteiger partial charge in [0.1, 0.15) is 12.6 Å². The van der Waals surface area contributed by atoms with Crippen molar-refractivity contribution in [3.63, 3.8) is 0 Å². The van der Waals surface area contributed by atoms with E-state index in [1.54, 1.807) is 11.8 Å². The van der Waals surface area contributed by atoms with Gasteiger partial charge in [0.05, 0.1) is 11.9 Å². The Bertz CT molecular complexity index is 1130. The maximum absolute atomic E-state index is 13.2. The van der Waals surface area contributed by atoms with Crippen LogP contribution in [0.1, 0.15) is 31.4 Å². The van der Waals surface area contributed by atoms with E-state index in [1.165, 1.54) is 12.0 Å². The summed E-state index contributed by atoms with van der Waals surface area (Å²) in [5, 5.41) is 0.294. The molecule has 182 valence electrons. The van der Waals surface area contributed by atoms with Gasteiger partial charge in [-0.1, -0.05) is 98.8 Å². The summed E-state index contributed by atoms with van der Waals surface area (Å²) >= 11 is 1.77. The van der Waals surface area contributed by atoms with Crippen LogP contribution in [0.25, 0.3) is 11.1 Å². The third kappa shape index (κ3) is 5.70. The van der Waals surface area contributed by atoms with E-state index in [-0.39, 0.29) is 6.61 Å². The first-order valence-corrected chi connectivity index (χ1v) is 12.7. The van der Waals surface area contributed by atoms with E-state index in [0.717, 1.165) is 22.3 Å². The molecule has 1 heterocycles. The molecule has 6 heteroatoms. The highest BCUT2D eigenvalue weighted by atomic mass is 32.2. The van der Waals surface area contributed by atoms with E-state index >= 15 is 0 Å². The van der Waals surface area contributed by atoms with Crippen molar-refractivity contribution in [3.8, 4) is 11.1 Å². The van der Waals surface area contributed by atoms with Crippen molar-refractivity contribution < 1.29 is 19.1 Å². The van der Waals surface area contributed by atoms with Gasteiger partial charge < -0.3 is 9.47 Å². The van der Waals surface area contributed by atoms with Crippen molar-refractivity contribution in [2.75, 3.05) is 13.7 Å². The number of carbonyl (C=O) groups excluding carboxylic acids is 2. The van der Waals surface area contributed by atoms with Crippen LogP contribution in [0.2, 0.25) is 0 Å². The van der Waals surface area contributed by atoms with Crippen molar-refractivity contribution in [2.24, 2.45) is 0 Å². The molecule has 0 spiro atoms. The van der Waals surface area contributed by atoms with Gasteiger partial charge in [-0.25, -0.2) is 9.59 Å². The van der Waals surface area contributed by atoms with Crippen molar-refractivity contribution in [1.82, 2.24) is 4.90 Å². The number of ether oxygens (including phenoxy) is 2. The zero-order valence-electron chi connectivity index (χ0n) is 20.3. The van der Waals surface area contributed by atoms with Crippen LogP contribution in [0.3, 0.4) is 0 Å². The zero-order chi connectivity index (χ0) is 24.8. The number of nitrogens with zero attached hydrogens (tertiary/aromatic N) is 1. The maximum atomic E-state index is 13.2. The maximum Gasteiger partial charge on any atom is 0.410 e. The molecule has 4 rings (SSSR count). The van der Waals surface area contributed by atoms with Crippen molar-refractivity contribution in [1.29, 1.82) is 0 Å². The second-order valence-electron chi connectivity index (χ2n) is 9.02. The number of hydrogen-bond donors (Lipinski definition) is 0. The molecule has 3 aromatic rings. The number of likely N-dealkylation sites (tertiary alicyclic amines) is 1. The normalized spacial score (nSPS) is 19.5. The van der Waals surface area contributed by atoms with Gasteiger partial charge >= 0.3 is 12.1 Å². The first-order valence-electron chi connectivity index (χ1n) is 11.8. The van der Waals surface area contributed by atoms with Gasteiger partial charge in [0.25, 0.3) is 0 Å². The fraction of sp³-hybridized carbons (Fsp3) is 0.310. The summed E-state index contributed by atoms with van der Waals surface area (Å²) in [7, 11) is 1.36. The number of carbonyl (C=O) groups is 2. The monoisotopic (exact) mass is 489 g/mol. The lowest BCUT2D eigenvalue weighted by Gasteiger charge is -2.31. The fourth-order valence-electron chi connectivity index (χ4n) is 4.62. The standard InChI is InChI=1S/C29H31NO4S/c1-21(2)35-29(25-16-14-24(15-17-25)23-12-8-5-9-13-23)18-26(27(31)33-3)30(20-29)28(32)34-19-22-10-6-4-7-11-22/h4-17,21,26H,18-20H2,1-3H3/t26-,29+/m0/s1. The van der Waals surface area contributed by atoms with Crippen LogP contribution in [0.15, 0.2) is 84.9 Å². The van der Waals surface area contributed by atoms with Crippen molar-refractivity contribution in [2.45, 2.75) is 42.9 Å². The fourth-order valence-corrected chi connectivity index (χ4v) is 6.27. The number of esters is 1. The van der Waals surface area contributed by atoms with Gasteiger partial charge in [-0.05, 0) is 33.9 Å². The lowest BCUT2D eigenvalue weighted by atomic mass is 9.93. The molecule has 1 aliphatic rings. The summed E-state index contributed by atoms with van der Waals surface area (Å²) in [4.78, 5) is 27.5. The number of thioether (sulfide) groups is 1. The van der Waals surface area contributed by atoms with E-state index in [9.17, 15) is 9.59 Å². The Morgan fingerprint density at radius 1 is 0.943 bits per heavy atom. The Labute approximate surface area is 211 Å². The third-order valence-electron chi connectivity index (χ3n) is 6.22. The molecule has 35 heavy (non-hydrogen) atoms. The van der Waals surface area contributed by atoms with E-state index in [2.05, 4.69) is 50.2 Å². The minimum atomic E-state index is -0.705. The highest BCUT2D eigenvalue weighted by Crippen LogP contribution is 2.49. The largest absolute Gasteiger partial charge is 0.467 e. The second-order valence-corrected chi connectivity index (χ2v) is 11.0. The van der Waals surface area contributed by atoms with Crippen LogP contribution in [0.5, 0.6) is 0 Å². The van der Waals surface area contributed by atoms with Gasteiger partial charge in [0.2, 0.25) is 0 Å². The molecule has 5 nitrogen and oxygen atoms in total. The molecular formula is C29H31NO4S. The summed E-state index contributed by atoms with van der Waals surface area (Å²) < 4.78 is 10.3. The minimum absolute atomic E-state index is 0.153.